The molecular formula is C25H26FN5O2. The second-order valence-corrected chi connectivity index (χ2v) is 8.50. The Bertz CT molecular complexity index is 1140. The van der Waals surface area contributed by atoms with Gasteiger partial charge in [0.1, 0.15) is 11.9 Å². The number of carbonyl (C=O) groups is 2. The molecule has 1 aliphatic carbocycles. The Kier molecular flexibility index (Phi) is 5.81. The summed E-state index contributed by atoms with van der Waals surface area (Å²) < 4.78 is 14.2. The summed E-state index contributed by atoms with van der Waals surface area (Å²) in [4.78, 5) is 37.7. The van der Waals surface area contributed by atoms with Gasteiger partial charge in [0.2, 0.25) is 11.9 Å². The first-order chi connectivity index (χ1) is 16.1. The summed E-state index contributed by atoms with van der Waals surface area (Å²) >= 11 is 0. The molecule has 2 N–H and O–H groups in total. The van der Waals surface area contributed by atoms with E-state index in [1.165, 1.54) is 23.5 Å². The summed E-state index contributed by atoms with van der Waals surface area (Å²) in [5.41, 5.74) is 1.95. The third-order valence-corrected chi connectivity index (χ3v) is 6.42. The van der Waals surface area contributed by atoms with Crippen molar-refractivity contribution in [1.82, 2.24) is 9.97 Å². The number of halogens is 1. The first-order valence-electron chi connectivity index (χ1n) is 11.4. The normalized spacial score (nSPS) is 18.3. The summed E-state index contributed by atoms with van der Waals surface area (Å²) in [6.45, 7) is -0.0978. The van der Waals surface area contributed by atoms with Crippen LogP contribution in [0.5, 0.6) is 0 Å². The lowest BCUT2D eigenvalue weighted by Crippen LogP contribution is -2.46. The van der Waals surface area contributed by atoms with Crippen molar-refractivity contribution in [1.29, 1.82) is 0 Å². The molecule has 8 heteroatoms. The number of nitrogens with one attached hydrogen (secondary N) is 2. The number of benzene rings is 2. The summed E-state index contributed by atoms with van der Waals surface area (Å²) in [5, 5.41) is 2.95. The molecule has 2 aliphatic rings. The number of nitrogens with zero attached hydrogens (tertiary/aromatic N) is 3. The van der Waals surface area contributed by atoms with Gasteiger partial charge < -0.3 is 15.2 Å². The maximum absolute atomic E-state index is 14.2. The van der Waals surface area contributed by atoms with Crippen LogP contribution in [-0.4, -0.2) is 34.4 Å². The van der Waals surface area contributed by atoms with Gasteiger partial charge in [-0.05, 0) is 37.1 Å². The van der Waals surface area contributed by atoms with E-state index < -0.39 is 11.9 Å². The van der Waals surface area contributed by atoms with Crippen LogP contribution in [0.3, 0.4) is 0 Å². The fraction of sp³-hybridized carbons (Fsp3) is 0.320. The van der Waals surface area contributed by atoms with Gasteiger partial charge in [0.05, 0.1) is 6.54 Å². The van der Waals surface area contributed by atoms with Crippen molar-refractivity contribution in [2.45, 2.75) is 44.2 Å². The molecule has 1 fully saturated rings. The van der Waals surface area contributed by atoms with E-state index in [9.17, 15) is 14.0 Å². The van der Waals surface area contributed by atoms with Crippen LogP contribution in [0.25, 0.3) is 0 Å². The van der Waals surface area contributed by atoms with E-state index in [1.54, 1.807) is 24.5 Å². The molecule has 5 rings (SSSR count). The van der Waals surface area contributed by atoms with E-state index in [2.05, 4.69) is 15.3 Å². The predicted octanol–water partition coefficient (Wildman–Crippen LogP) is 4.41. The quantitative estimate of drug-likeness (QED) is 0.586. The van der Waals surface area contributed by atoms with E-state index in [4.69, 9.17) is 0 Å². The topological polar surface area (TPSA) is 81.3 Å². The lowest BCUT2D eigenvalue weighted by molar-refractivity contribution is -0.124. The average Bonchev–Trinajstić information content (AvgIpc) is 3.45. The highest BCUT2D eigenvalue weighted by molar-refractivity contribution is 6.12. The number of aromatic amines is 1. The molecule has 33 heavy (non-hydrogen) atoms. The van der Waals surface area contributed by atoms with E-state index in [-0.39, 0.29) is 24.4 Å². The third kappa shape index (κ3) is 4.08. The summed E-state index contributed by atoms with van der Waals surface area (Å²) in [7, 11) is 0. The van der Waals surface area contributed by atoms with Crippen molar-refractivity contribution in [3.05, 3.63) is 72.3 Å². The number of fused-ring (bicyclic) bond motifs is 1. The van der Waals surface area contributed by atoms with Crippen LogP contribution in [0.15, 0.2) is 60.9 Å². The molecule has 2 aromatic carbocycles. The molecule has 1 saturated carbocycles. The molecule has 0 bridgehead atoms. The number of aromatic nitrogens is 2. The van der Waals surface area contributed by atoms with Gasteiger partial charge in [0, 0.05) is 35.4 Å². The van der Waals surface area contributed by atoms with Crippen LogP contribution >= 0.6 is 0 Å². The van der Waals surface area contributed by atoms with Gasteiger partial charge in [-0.25, -0.2) is 9.37 Å². The standard InChI is InChI=1S/C25H26FN5O2/c26-17-7-6-10-19(15-17)31(22(32)16-29-25-27-13-14-28-25)23-20-11-4-5-12-21(20)30(24(23)33)18-8-2-1-3-9-18/h4-7,10-15,18,23H,1-3,8-9,16H2,(H2,27,28,29). The van der Waals surface area contributed by atoms with Crippen LogP contribution < -0.4 is 15.1 Å². The summed E-state index contributed by atoms with van der Waals surface area (Å²) in [5.74, 6) is -0.508. The molecule has 2 amide bonds. The summed E-state index contributed by atoms with van der Waals surface area (Å²) in [6, 6.07) is 12.7. The number of rotatable bonds is 6. The zero-order chi connectivity index (χ0) is 22.8. The molecule has 2 heterocycles. The highest BCUT2D eigenvalue weighted by Gasteiger charge is 2.45. The highest BCUT2D eigenvalue weighted by Crippen LogP contribution is 2.44. The monoisotopic (exact) mass is 447 g/mol. The Morgan fingerprint density at radius 2 is 1.97 bits per heavy atom. The first-order valence-corrected chi connectivity index (χ1v) is 11.4. The molecular weight excluding hydrogens is 421 g/mol. The number of imidazole rings is 1. The van der Waals surface area contributed by atoms with Crippen molar-refractivity contribution in [3.63, 3.8) is 0 Å². The molecule has 3 aromatic rings. The van der Waals surface area contributed by atoms with Gasteiger partial charge in [-0.3, -0.25) is 14.5 Å². The fourth-order valence-corrected chi connectivity index (χ4v) is 4.96. The van der Waals surface area contributed by atoms with Crippen LogP contribution in [0, 0.1) is 5.82 Å². The van der Waals surface area contributed by atoms with E-state index in [0.717, 1.165) is 36.9 Å². The maximum Gasteiger partial charge on any atom is 0.255 e. The van der Waals surface area contributed by atoms with E-state index in [1.807, 2.05) is 29.2 Å². The van der Waals surface area contributed by atoms with Crippen LogP contribution in [0.4, 0.5) is 21.7 Å². The molecule has 0 saturated heterocycles. The lowest BCUT2D eigenvalue weighted by Gasteiger charge is -2.33. The van der Waals surface area contributed by atoms with Gasteiger partial charge in [0.25, 0.3) is 5.91 Å². The minimum absolute atomic E-state index is 0.0978. The molecule has 1 atom stereocenters. The number of amides is 2. The molecule has 1 unspecified atom stereocenters. The predicted molar refractivity (Wildman–Crippen MR) is 125 cm³/mol. The van der Waals surface area contributed by atoms with Crippen LogP contribution in [-0.2, 0) is 9.59 Å². The Labute approximate surface area is 191 Å². The fourth-order valence-electron chi connectivity index (χ4n) is 4.96. The molecule has 1 aliphatic heterocycles. The van der Waals surface area contributed by atoms with Gasteiger partial charge >= 0.3 is 0 Å². The Morgan fingerprint density at radius 3 is 2.73 bits per heavy atom. The van der Waals surface area contributed by atoms with Crippen LogP contribution in [0.2, 0.25) is 0 Å². The molecule has 0 radical (unpaired) electrons. The average molecular weight is 448 g/mol. The van der Waals surface area contributed by atoms with E-state index >= 15 is 0 Å². The molecule has 1 aromatic heterocycles. The smallest absolute Gasteiger partial charge is 0.255 e. The van der Waals surface area contributed by atoms with Crippen molar-refractivity contribution in [2.24, 2.45) is 0 Å². The molecule has 0 spiro atoms. The SMILES string of the molecule is O=C1C(N(C(=O)CNc2ncc[nH]2)c2cccc(F)c2)c2ccccc2N1C1CCCCC1. The van der Waals surface area contributed by atoms with Gasteiger partial charge in [-0.1, -0.05) is 43.5 Å². The first kappa shape index (κ1) is 21.2. The van der Waals surface area contributed by atoms with E-state index in [0.29, 0.717) is 11.6 Å². The van der Waals surface area contributed by atoms with Gasteiger partial charge in [-0.15, -0.1) is 0 Å². The van der Waals surface area contributed by atoms with Crippen molar-refractivity contribution in [3.8, 4) is 0 Å². The largest absolute Gasteiger partial charge is 0.347 e. The van der Waals surface area contributed by atoms with Crippen molar-refractivity contribution < 1.29 is 14.0 Å². The molecule has 170 valence electrons. The summed E-state index contributed by atoms with van der Waals surface area (Å²) in [6.07, 6.45) is 8.46. The second-order valence-electron chi connectivity index (χ2n) is 8.50. The highest BCUT2D eigenvalue weighted by atomic mass is 19.1. The Hall–Kier alpha value is -3.68. The van der Waals surface area contributed by atoms with Crippen LogP contribution in [0.1, 0.15) is 43.7 Å². The second kappa shape index (κ2) is 9.05. The lowest BCUT2D eigenvalue weighted by atomic mass is 9.94. The van der Waals surface area contributed by atoms with Crippen molar-refractivity contribution in [2.75, 3.05) is 21.7 Å². The number of para-hydroxylation sites is 1. The number of anilines is 3. The number of hydrogen-bond acceptors (Lipinski definition) is 4. The minimum Gasteiger partial charge on any atom is -0.347 e. The number of hydrogen-bond donors (Lipinski definition) is 2. The van der Waals surface area contributed by atoms with Gasteiger partial charge in [-0.2, -0.15) is 0 Å². The number of carbonyl (C=O) groups excluding carboxylic acids is 2. The Balaban J connectivity index is 1.53. The maximum atomic E-state index is 14.2. The van der Waals surface area contributed by atoms with Crippen molar-refractivity contribution >= 4 is 29.1 Å². The number of H-pyrrole nitrogens is 1. The Morgan fingerprint density at radius 1 is 1.15 bits per heavy atom. The zero-order valence-electron chi connectivity index (χ0n) is 18.2. The molecule has 7 nitrogen and oxygen atoms in total. The minimum atomic E-state index is -0.851. The van der Waals surface area contributed by atoms with Gasteiger partial charge in [0.15, 0.2) is 0 Å². The third-order valence-electron chi connectivity index (χ3n) is 6.42. The zero-order valence-corrected chi connectivity index (χ0v) is 18.2.